The SMILES string of the molecule is CC(=O)NC[C@H]1CN(c2ccc3c(c2)CCN(C(=O)Cc2ccc(C(F)(F)F)cc2)CC3)C(=O)O1. The lowest BCUT2D eigenvalue weighted by Crippen LogP contribution is -2.34. The van der Waals surface area contributed by atoms with Gasteiger partial charge in [0.1, 0.15) is 6.10 Å². The van der Waals surface area contributed by atoms with Crippen molar-refractivity contribution in [3.63, 3.8) is 0 Å². The van der Waals surface area contributed by atoms with E-state index in [9.17, 15) is 27.6 Å². The third-order valence-corrected chi connectivity index (χ3v) is 6.25. The molecule has 2 heterocycles. The number of hydrogen-bond acceptors (Lipinski definition) is 4. The van der Waals surface area contributed by atoms with Gasteiger partial charge in [-0.15, -0.1) is 0 Å². The van der Waals surface area contributed by atoms with Crippen LogP contribution in [0.5, 0.6) is 0 Å². The van der Waals surface area contributed by atoms with Gasteiger partial charge >= 0.3 is 12.3 Å². The molecule has 0 radical (unpaired) electrons. The lowest BCUT2D eigenvalue weighted by atomic mass is 10.0. The van der Waals surface area contributed by atoms with Gasteiger partial charge in [0.15, 0.2) is 0 Å². The predicted molar refractivity (Wildman–Crippen MR) is 122 cm³/mol. The molecule has 0 aromatic heterocycles. The number of nitrogens with one attached hydrogen (secondary N) is 1. The molecule has 0 spiro atoms. The fourth-order valence-corrected chi connectivity index (χ4v) is 4.32. The van der Waals surface area contributed by atoms with Crippen LogP contribution in [0.25, 0.3) is 0 Å². The Labute approximate surface area is 200 Å². The quantitative estimate of drug-likeness (QED) is 0.699. The minimum absolute atomic E-state index is 0.0367. The molecule has 35 heavy (non-hydrogen) atoms. The number of benzene rings is 2. The normalized spacial score (nSPS) is 18.1. The Bertz CT molecular complexity index is 1120. The first kappa shape index (κ1) is 24.6. The molecule has 1 N–H and O–H groups in total. The molecule has 2 aliphatic rings. The molecule has 3 amide bonds. The minimum atomic E-state index is -4.41. The number of amides is 3. The van der Waals surface area contributed by atoms with E-state index >= 15 is 0 Å². The minimum Gasteiger partial charge on any atom is -0.442 e. The van der Waals surface area contributed by atoms with Crippen LogP contribution < -0.4 is 10.2 Å². The molecular weight excluding hydrogens is 463 g/mol. The molecule has 4 rings (SSSR count). The average Bonchev–Trinajstić information content (AvgIpc) is 3.04. The lowest BCUT2D eigenvalue weighted by Gasteiger charge is -2.20. The van der Waals surface area contributed by atoms with Crippen molar-refractivity contribution in [2.75, 3.05) is 31.1 Å². The molecular formula is C25H26F3N3O4. The highest BCUT2D eigenvalue weighted by molar-refractivity contribution is 5.90. The van der Waals surface area contributed by atoms with E-state index in [1.165, 1.54) is 24.0 Å². The van der Waals surface area contributed by atoms with Gasteiger partial charge in [-0.05, 0) is 53.8 Å². The Morgan fingerprint density at radius 1 is 1.06 bits per heavy atom. The molecule has 1 saturated heterocycles. The first-order valence-electron chi connectivity index (χ1n) is 11.4. The van der Waals surface area contributed by atoms with Crippen LogP contribution in [-0.4, -0.2) is 55.1 Å². The number of rotatable bonds is 5. The summed E-state index contributed by atoms with van der Waals surface area (Å²) in [6, 6.07) is 10.4. The number of alkyl halides is 3. The van der Waals surface area contributed by atoms with Gasteiger partial charge in [0.25, 0.3) is 0 Å². The largest absolute Gasteiger partial charge is 0.442 e. The number of ether oxygens (including phenoxy) is 1. The second-order valence-corrected chi connectivity index (χ2v) is 8.76. The zero-order valence-electron chi connectivity index (χ0n) is 19.2. The summed E-state index contributed by atoms with van der Waals surface area (Å²) in [7, 11) is 0. The Morgan fingerprint density at radius 2 is 1.74 bits per heavy atom. The van der Waals surface area contributed by atoms with Crippen LogP contribution in [0, 0.1) is 0 Å². The molecule has 1 atom stereocenters. The van der Waals surface area contributed by atoms with Crippen LogP contribution in [0.1, 0.15) is 29.2 Å². The van der Waals surface area contributed by atoms with Crippen LogP contribution in [0.4, 0.5) is 23.7 Å². The molecule has 0 unspecified atom stereocenters. The number of cyclic esters (lactones) is 1. The van der Waals surface area contributed by atoms with Crippen LogP contribution >= 0.6 is 0 Å². The van der Waals surface area contributed by atoms with E-state index in [-0.39, 0.29) is 24.8 Å². The summed E-state index contributed by atoms with van der Waals surface area (Å²) in [5.74, 6) is -0.330. The highest BCUT2D eigenvalue weighted by Gasteiger charge is 2.33. The lowest BCUT2D eigenvalue weighted by molar-refractivity contribution is -0.137. The van der Waals surface area contributed by atoms with Crippen LogP contribution in [0.15, 0.2) is 42.5 Å². The maximum absolute atomic E-state index is 12.8. The Morgan fingerprint density at radius 3 is 2.40 bits per heavy atom. The number of anilines is 1. The monoisotopic (exact) mass is 489 g/mol. The summed E-state index contributed by atoms with van der Waals surface area (Å²) in [4.78, 5) is 39.5. The van der Waals surface area contributed by atoms with Crippen molar-refractivity contribution in [2.24, 2.45) is 0 Å². The second-order valence-electron chi connectivity index (χ2n) is 8.76. The van der Waals surface area contributed by atoms with Gasteiger partial charge in [0.05, 0.1) is 25.1 Å². The number of fused-ring (bicyclic) bond motifs is 1. The Hall–Kier alpha value is -3.56. The molecule has 2 aromatic rings. The van der Waals surface area contributed by atoms with Gasteiger partial charge in [-0.3, -0.25) is 14.5 Å². The van der Waals surface area contributed by atoms with Gasteiger partial charge < -0.3 is 15.0 Å². The summed E-state index contributed by atoms with van der Waals surface area (Å²) in [6.45, 7) is 2.97. The van der Waals surface area contributed by atoms with Crippen LogP contribution in [-0.2, 0) is 39.8 Å². The van der Waals surface area contributed by atoms with Gasteiger partial charge in [-0.2, -0.15) is 13.2 Å². The molecule has 10 heteroatoms. The van der Waals surface area contributed by atoms with Gasteiger partial charge in [0, 0.05) is 25.7 Å². The second kappa shape index (κ2) is 9.97. The number of halogens is 3. The molecule has 2 aliphatic heterocycles. The third kappa shape index (κ3) is 5.93. The molecule has 0 bridgehead atoms. The number of nitrogens with zero attached hydrogens (tertiary/aromatic N) is 2. The van der Waals surface area contributed by atoms with Crippen molar-refractivity contribution in [3.05, 3.63) is 64.7 Å². The summed E-state index contributed by atoms with van der Waals surface area (Å²) in [5, 5.41) is 2.65. The summed E-state index contributed by atoms with van der Waals surface area (Å²) < 4.78 is 43.6. The fourth-order valence-electron chi connectivity index (χ4n) is 4.32. The van der Waals surface area contributed by atoms with E-state index in [2.05, 4.69) is 5.32 Å². The van der Waals surface area contributed by atoms with Crippen LogP contribution in [0.3, 0.4) is 0 Å². The smallest absolute Gasteiger partial charge is 0.416 e. The first-order chi connectivity index (χ1) is 16.6. The molecule has 0 saturated carbocycles. The maximum atomic E-state index is 12.8. The third-order valence-electron chi connectivity index (χ3n) is 6.25. The number of carbonyl (C=O) groups excluding carboxylic acids is 3. The predicted octanol–water partition coefficient (Wildman–Crippen LogP) is 3.34. The van der Waals surface area contributed by atoms with Crippen molar-refractivity contribution in [2.45, 2.75) is 38.5 Å². The number of carbonyl (C=O) groups is 3. The van der Waals surface area contributed by atoms with Crippen molar-refractivity contribution < 1.29 is 32.3 Å². The van der Waals surface area contributed by atoms with E-state index in [1.54, 1.807) is 4.90 Å². The average molecular weight is 489 g/mol. The molecule has 2 aromatic carbocycles. The fraction of sp³-hybridized carbons (Fsp3) is 0.400. The van der Waals surface area contributed by atoms with E-state index < -0.39 is 23.9 Å². The van der Waals surface area contributed by atoms with Gasteiger partial charge in [-0.1, -0.05) is 18.2 Å². The summed E-state index contributed by atoms with van der Waals surface area (Å²) in [6.07, 6.45) is -4.03. The van der Waals surface area contributed by atoms with Gasteiger partial charge in [0.2, 0.25) is 11.8 Å². The molecule has 7 nitrogen and oxygen atoms in total. The zero-order chi connectivity index (χ0) is 25.2. The molecule has 0 aliphatic carbocycles. The Balaban J connectivity index is 1.37. The molecule has 1 fully saturated rings. The molecule has 186 valence electrons. The van der Waals surface area contributed by atoms with Crippen molar-refractivity contribution in [1.82, 2.24) is 10.2 Å². The topological polar surface area (TPSA) is 79.0 Å². The Kier molecular flexibility index (Phi) is 7.00. The zero-order valence-corrected chi connectivity index (χ0v) is 19.2. The standard InChI is InChI=1S/C25H26F3N3O4/c1-16(32)29-14-22-15-31(24(34)35-22)21-7-4-18-8-10-30(11-9-19(18)13-21)23(33)12-17-2-5-20(6-3-17)25(26,27)28/h2-7,13,22H,8-12,14-15H2,1H3,(H,29,32)/t22-/m0/s1. The van der Waals surface area contributed by atoms with Crippen molar-refractivity contribution >= 4 is 23.6 Å². The van der Waals surface area contributed by atoms with E-state index in [4.69, 9.17) is 4.74 Å². The van der Waals surface area contributed by atoms with Crippen molar-refractivity contribution in [3.8, 4) is 0 Å². The van der Waals surface area contributed by atoms with Crippen molar-refractivity contribution in [1.29, 1.82) is 0 Å². The summed E-state index contributed by atoms with van der Waals surface area (Å²) in [5.41, 5.74) is 2.61. The van der Waals surface area contributed by atoms with E-state index in [0.717, 1.165) is 23.3 Å². The maximum Gasteiger partial charge on any atom is 0.416 e. The summed E-state index contributed by atoms with van der Waals surface area (Å²) >= 11 is 0. The van der Waals surface area contributed by atoms with E-state index in [1.807, 2.05) is 18.2 Å². The van der Waals surface area contributed by atoms with Crippen LogP contribution in [0.2, 0.25) is 0 Å². The highest BCUT2D eigenvalue weighted by atomic mass is 19.4. The number of hydrogen-bond donors (Lipinski definition) is 1. The van der Waals surface area contributed by atoms with E-state index in [0.29, 0.717) is 43.7 Å². The first-order valence-corrected chi connectivity index (χ1v) is 11.4. The highest BCUT2D eigenvalue weighted by Crippen LogP contribution is 2.29. The van der Waals surface area contributed by atoms with Gasteiger partial charge in [-0.25, -0.2) is 4.79 Å².